The summed E-state index contributed by atoms with van der Waals surface area (Å²) in [5, 5.41) is 0. The van der Waals surface area contributed by atoms with Gasteiger partial charge in [0.1, 0.15) is 0 Å². The summed E-state index contributed by atoms with van der Waals surface area (Å²) in [6.07, 6.45) is 11.8. The molecule has 0 aromatic rings. The maximum absolute atomic E-state index is 2.39. The molecule has 0 nitrogen and oxygen atoms in total. The third kappa shape index (κ3) is 10.5. The van der Waals surface area contributed by atoms with Gasteiger partial charge in [-0.1, -0.05) is 119 Å². The van der Waals surface area contributed by atoms with Gasteiger partial charge in [-0.2, -0.15) is 0 Å². The molecule has 0 saturated carbocycles. The van der Waals surface area contributed by atoms with Crippen LogP contribution in [-0.4, -0.2) is 0 Å². The van der Waals surface area contributed by atoms with Gasteiger partial charge >= 0.3 is 21.7 Å². The molecule has 0 N–H and O–H groups in total. The van der Waals surface area contributed by atoms with Crippen molar-refractivity contribution >= 4 is 0 Å². The van der Waals surface area contributed by atoms with Crippen LogP contribution in [0, 0.1) is 36.5 Å². The van der Waals surface area contributed by atoms with Crippen LogP contribution >= 0.6 is 0 Å². The Morgan fingerprint density at radius 1 is 0.483 bits per heavy atom. The fourth-order valence-corrected chi connectivity index (χ4v) is 3.14. The van der Waals surface area contributed by atoms with E-state index in [1.807, 2.05) is 0 Å². The van der Waals surface area contributed by atoms with E-state index in [2.05, 4.69) is 107 Å². The van der Waals surface area contributed by atoms with E-state index in [9.17, 15) is 0 Å². The molecule has 2 rings (SSSR count). The summed E-state index contributed by atoms with van der Waals surface area (Å²) in [5.74, 6) is 0. The Morgan fingerprint density at radius 2 is 0.724 bits per heavy atom. The molecule has 0 saturated heterocycles. The zero-order chi connectivity index (χ0) is 20.6. The number of allylic oxidation sites excluding steroid dienone is 8. The summed E-state index contributed by atoms with van der Waals surface area (Å²) in [7, 11) is 0. The van der Waals surface area contributed by atoms with Gasteiger partial charge in [0, 0.05) is 0 Å². The molecule has 29 heavy (non-hydrogen) atoms. The summed E-state index contributed by atoms with van der Waals surface area (Å²) in [4.78, 5) is 0. The molecule has 0 heterocycles. The minimum atomic E-state index is 0. The molecule has 0 fully saturated rings. The molecule has 1 heteroatoms. The zero-order valence-corrected chi connectivity index (χ0v) is 23.8. The molecule has 0 unspecified atom stereocenters. The summed E-state index contributed by atoms with van der Waals surface area (Å²) >= 11 is 0. The number of hydrogen-bond acceptors (Lipinski definition) is 0. The molecule has 166 valence electrons. The largest absolute Gasteiger partial charge is 2.00 e. The van der Waals surface area contributed by atoms with Crippen LogP contribution in [0.4, 0.5) is 0 Å². The second-order valence-corrected chi connectivity index (χ2v) is 12.1. The standard InChI is InChI=1S/2C13H22.2CH3.Ti/c2*1-12(2,3)10-7-8-11(9-10)13(4,5)6;;;/h2*7,9H,8H2,1-6H3;2*1H3;/q;;2*-1;+2. The molecule has 0 aromatic carbocycles. The molecule has 0 aliphatic heterocycles. The summed E-state index contributed by atoms with van der Waals surface area (Å²) < 4.78 is 0. The van der Waals surface area contributed by atoms with E-state index in [1.165, 1.54) is 11.1 Å². The van der Waals surface area contributed by atoms with E-state index >= 15 is 0 Å². The average Bonchev–Trinajstić information content (AvgIpc) is 3.06. The van der Waals surface area contributed by atoms with Gasteiger partial charge < -0.3 is 14.9 Å². The predicted molar refractivity (Wildman–Crippen MR) is 132 cm³/mol. The van der Waals surface area contributed by atoms with Crippen molar-refractivity contribution in [1.82, 2.24) is 0 Å². The smallest absolute Gasteiger partial charge is 0.358 e. The van der Waals surface area contributed by atoms with Crippen molar-refractivity contribution in [2.24, 2.45) is 21.7 Å². The monoisotopic (exact) mass is 434 g/mol. The third-order valence-corrected chi connectivity index (χ3v) is 5.40. The van der Waals surface area contributed by atoms with E-state index in [0.29, 0.717) is 21.7 Å². The van der Waals surface area contributed by atoms with E-state index in [4.69, 9.17) is 0 Å². The maximum atomic E-state index is 2.39. The number of hydrogen-bond donors (Lipinski definition) is 0. The van der Waals surface area contributed by atoms with Crippen LogP contribution in [0.2, 0.25) is 0 Å². The second-order valence-electron chi connectivity index (χ2n) is 12.1. The van der Waals surface area contributed by atoms with Gasteiger partial charge in [0.15, 0.2) is 0 Å². The van der Waals surface area contributed by atoms with Crippen LogP contribution < -0.4 is 0 Å². The van der Waals surface area contributed by atoms with Gasteiger partial charge in [-0.25, -0.2) is 0 Å². The molecule has 0 spiro atoms. The zero-order valence-electron chi connectivity index (χ0n) is 22.2. The first-order chi connectivity index (χ1) is 11.4. The topological polar surface area (TPSA) is 0 Å². The van der Waals surface area contributed by atoms with Crippen molar-refractivity contribution in [2.75, 3.05) is 0 Å². The molecule has 0 aromatic heterocycles. The van der Waals surface area contributed by atoms with E-state index < -0.39 is 0 Å². The predicted octanol–water partition coefficient (Wildman–Crippen LogP) is 9.57. The van der Waals surface area contributed by atoms with Crippen molar-refractivity contribution in [3.8, 4) is 0 Å². The maximum Gasteiger partial charge on any atom is 2.00 e. The van der Waals surface area contributed by atoms with Crippen molar-refractivity contribution in [3.63, 3.8) is 0 Å². The first-order valence-electron chi connectivity index (χ1n) is 10.3. The van der Waals surface area contributed by atoms with Gasteiger partial charge in [0.2, 0.25) is 0 Å². The molecular weight excluding hydrogens is 384 g/mol. The van der Waals surface area contributed by atoms with Crippen LogP contribution in [0.3, 0.4) is 0 Å². The van der Waals surface area contributed by atoms with Crippen LogP contribution in [0.15, 0.2) is 46.6 Å². The molecule has 0 amide bonds. The SMILES string of the molecule is CC(C)(C)C1=CCC(C(C)(C)C)=C1.CC(C)(C)C1=CCC(C(C)(C)C)=C1.[CH3-].[CH3-].[Ti+2]. The van der Waals surface area contributed by atoms with Crippen LogP contribution in [0.1, 0.15) is 95.9 Å². The third-order valence-electron chi connectivity index (χ3n) is 5.40. The minimum Gasteiger partial charge on any atom is -0.358 e. The Hall–Kier alpha value is -0.326. The molecule has 0 atom stereocenters. The normalized spacial score (nSPS) is 16.7. The van der Waals surface area contributed by atoms with Gasteiger partial charge in [0.25, 0.3) is 0 Å². The summed E-state index contributed by atoms with van der Waals surface area (Å²) in [6, 6.07) is 0. The Balaban J connectivity index is -0.000000422. The molecule has 0 bridgehead atoms. The molecule has 2 aliphatic carbocycles. The number of rotatable bonds is 0. The van der Waals surface area contributed by atoms with Crippen molar-refractivity contribution in [1.29, 1.82) is 0 Å². The van der Waals surface area contributed by atoms with Gasteiger partial charge in [-0.15, -0.1) is 0 Å². The van der Waals surface area contributed by atoms with Gasteiger partial charge in [0.05, 0.1) is 0 Å². The molecule has 2 aliphatic rings. The van der Waals surface area contributed by atoms with E-state index in [-0.39, 0.29) is 36.6 Å². The van der Waals surface area contributed by atoms with Gasteiger partial charge in [-0.3, -0.25) is 0 Å². The van der Waals surface area contributed by atoms with Crippen LogP contribution in [0.25, 0.3) is 0 Å². The Bertz CT molecular complexity index is 566. The van der Waals surface area contributed by atoms with Gasteiger partial charge in [-0.05, 0) is 45.6 Å². The van der Waals surface area contributed by atoms with Crippen LogP contribution in [-0.2, 0) is 21.7 Å². The summed E-state index contributed by atoms with van der Waals surface area (Å²) in [5.41, 5.74) is 7.43. The Morgan fingerprint density at radius 3 is 0.828 bits per heavy atom. The molecule has 0 radical (unpaired) electrons. The molecular formula is C28H50Ti. The van der Waals surface area contributed by atoms with E-state index in [0.717, 1.165) is 12.8 Å². The average molecular weight is 435 g/mol. The first-order valence-corrected chi connectivity index (χ1v) is 10.3. The quantitative estimate of drug-likeness (QED) is 0.263. The minimum absolute atomic E-state index is 0. The van der Waals surface area contributed by atoms with Crippen molar-refractivity contribution in [2.45, 2.75) is 95.9 Å². The van der Waals surface area contributed by atoms with E-state index in [1.54, 1.807) is 11.1 Å². The second kappa shape index (κ2) is 11.3. The Kier molecular flexibility index (Phi) is 13.0. The fraction of sp³-hybridized carbons (Fsp3) is 0.643. The summed E-state index contributed by atoms with van der Waals surface area (Å²) in [6.45, 7) is 27.4. The fourth-order valence-electron chi connectivity index (χ4n) is 3.14. The van der Waals surface area contributed by atoms with Crippen LogP contribution in [0.5, 0.6) is 0 Å². The van der Waals surface area contributed by atoms with Crippen molar-refractivity contribution in [3.05, 3.63) is 61.4 Å². The first kappa shape index (κ1) is 33.3. The van der Waals surface area contributed by atoms with Crippen molar-refractivity contribution < 1.29 is 21.7 Å². The Labute approximate surface area is 200 Å².